The van der Waals surface area contributed by atoms with Crippen LogP contribution in [0.25, 0.3) is 10.9 Å². The molecule has 0 spiro atoms. The van der Waals surface area contributed by atoms with Crippen molar-refractivity contribution in [3.63, 3.8) is 0 Å². The summed E-state index contributed by atoms with van der Waals surface area (Å²) in [5.74, 6) is -3.17. The third kappa shape index (κ3) is 8.87. The first-order chi connectivity index (χ1) is 18.3. The molecule has 9 N–H and O–H groups in total. The van der Waals surface area contributed by atoms with Crippen molar-refractivity contribution in [3.05, 3.63) is 36.0 Å². The molecule has 39 heavy (non-hydrogen) atoms. The molecule has 0 aliphatic rings. The molecule has 1 heterocycles. The number of aliphatic hydroxyl groups is 2. The molecule has 0 radical (unpaired) electrons. The standard InChI is InChI=1S/C26H38N6O7/c1-13(2)23(26(39)29-11-21(36)30-20(12-33)14(3)34)32-24(37)19(31-25(38)22(27)15(4)35)9-16-10-28-18-8-6-5-7-17(16)18/h5-8,10,12-15,19-20,22-23,28,34-35H,9,11,27H2,1-4H3,(H,29,39)(H,30,36)(H,31,38)(H,32,37)/t14-,15-,19+,20-,22+,23+/m1/s1. The first-order valence-corrected chi connectivity index (χ1v) is 12.7. The number of aldehydes is 1. The van der Waals surface area contributed by atoms with Gasteiger partial charge in [0.25, 0.3) is 0 Å². The van der Waals surface area contributed by atoms with Crippen LogP contribution < -0.4 is 27.0 Å². The van der Waals surface area contributed by atoms with Crippen molar-refractivity contribution in [3.8, 4) is 0 Å². The van der Waals surface area contributed by atoms with Gasteiger partial charge < -0.3 is 47.0 Å². The van der Waals surface area contributed by atoms with Crippen LogP contribution >= 0.6 is 0 Å². The van der Waals surface area contributed by atoms with E-state index in [9.17, 15) is 34.2 Å². The molecule has 0 saturated carbocycles. The minimum absolute atomic E-state index is 0.0649. The summed E-state index contributed by atoms with van der Waals surface area (Å²) in [4.78, 5) is 65.1. The van der Waals surface area contributed by atoms with Crippen molar-refractivity contribution in [1.29, 1.82) is 0 Å². The molecule has 0 aliphatic carbocycles. The molecule has 13 heteroatoms. The zero-order valence-corrected chi connectivity index (χ0v) is 22.4. The Balaban J connectivity index is 2.17. The SMILES string of the molecule is CC(C)[C@H](NC(=O)[C@H](Cc1c[nH]c2ccccc12)NC(=O)[C@@H](N)[C@@H](C)O)C(=O)NCC(=O)N[C@H](C=O)[C@@H](C)O. The molecule has 13 nitrogen and oxygen atoms in total. The van der Waals surface area contributed by atoms with E-state index in [1.807, 2.05) is 24.3 Å². The molecule has 6 atom stereocenters. The number of benzene rings is 1. The van der Waals surface area contributed by atoms with Crippen LogP contribution in [0.3, 0.4) is 0 Å². The Kier molecular flexibility index (Phi) is 11.6. The number of hydrogen-bond donors (Lipinski definition) is 8. The van der Waals surface area contributed by atoms with Gasteiger partial charge in [-0.05, 0) is 31.4 Å². The quantitative estimate of drug-likeness (QED) is 0.127. The Bertz CT molecular complexity index is 1160. The average molecular weight is 547 g/mol. The fourth-order valence-corrected chi connectivity index (χ4v) is 3.79. The molecule has 1 aromatic carbocycles. The Morgan fingerprint density at radius 3 is 2.21 bits per heavy atom. The minimum Gasteiger partial charge on any atom is -0.391 e. The highest BCUT2D eigenvalue weighted by Gasteiger charge is 2.31. The Morgan fingerprint density at radius 1 is 0.949 bits per heavy atom. The van der Waals surface area contributed by atoms with Crippen molar-refractivity contribution in [2.45, 2.75) is 70.5 Å². The number of rotatable bonds is 14. The second-order valence-corrected chi connectivity index (χ2v) is 9.81. The normalized spacial score (nSPS) is 15.9. The van der Waals surface area contributed by atoms with E-state index in [4.69, 9.17) is 5.73 Å². The topological polar surface area (TPSA) is 216 Å². The number of carbonyl (C=O) groups is 5. The van der Waals surface area contributed by atoms with Crippen molar-refractivity contribution in [2.24, 2.45) is 11.7 Å². The highest BCUT2D eigenvalue weighted by Crippen LogP contribution is 2.19. The Hall–Kier alpha value is -3.81. The monoisotopic (exact) mass is 546 g/mol. The van der Waals surface area contributed by atoms with Crippen molar-refractivity contribution < 1.29 is 34.2 Å². The number of carbonyl (C=O) groups excluding carboxylic acids is 5. The van der Waals surface area contributed by atoms with Gasteiger partial charge in [0.15, 0.2) is 0 Å². The summed E-state index contributed by atoms with van der Waals surface area (Å²) >= 11 is 0. The van der Waals surface area contributed by atoms with Crippen LogP contribution in [-0.4, -0.2) is 88.0 Å². The number of hydrogen-bond acceptors (Lipinski definition) is 8. The molecule has 0 unspecified atom stereocenters. The molecule has 0 aliphatic heterocycles. The lowest BCUT2D eigenvalue weighted by Crippen LogP contribution is -2.59. The number of H-pyrrole nitrogens is 1. The van der Waals surface area contributed by atoms with Crippen LogP contribution in [0, 0.1) is 5.92 Å². The van der Waals surface area contributed by atoms with Crippen LogP contribution in [0.4, 0.5) is 0 Å². The van der Waals surface area contributed by atoms with Gasteiger partial charge in [0.2, 0.25) is 23.6 Å². The van der Waals surface area contributed by atoms with E-state index >= 15 is 0 Å². The van der Waals surface area contributed by atoms with Gasteiger partial charge >= 0.3 is 0 Å². The summed E-state index contributed by atoms with van der Waals surface area (Å²) in [7, 11) is 0. The van der Waals surface area contributed by atoms with Crippen molar-refractivity contribution in [1.82, 2.24) is 26.3 Å². The number of aromatic nitrogens is 1. The summed E-state index contributed by atoms with van der Waals surface area (Å²) in [6.07, 6.45) is -0.106. The molecule has 214 valence electrons. The van der Waals surface area contributed by atoms with Gasteiger partial charge in [-0.3, -0.25) is 19.2 Å². The number of amides is 4. The van der Waals surface area contributed by atoms with Crippen LogP contribution in [0.5, 0.6) is 0 Å². The maximum absolute atomic E-state index is 13.4. The summed E-state index contributed by atoms with van der Waals surface area (Å²) in [5, 5.41) is 30.0. The number of fused-ring (bicyclic) bond motifs is 1. The predicted octanol–water partition coefficient (Wildman–Crippen LogP) is -1.78. The highest BCUT2D eigenvalue weighted by atomic mass is 16.3. The Labute approximate surface area is 226 Å². The maximum Gasteiger partial charge on any atom is 0.243 e. The van der Waals surface area contributed by atoms with E-state index < -0.39 is 72.5 Å². The van der Waals surface area contributed by atoms with Gasteiger partial charge in [-0.25, -0.2) is 0 Å². The van der Waals surface area contributed by atoms with E-state index in [1.54, 1.807) is 20.0 Å². The number of nitrogens with one attached hydrogen (secondary N) is 5. The van der Waals surface area contributed by atoms with Gasteiger partial charge in [0.05, 0.1) is 18.8 Å². The van der Waals surface area contributed by atoms with Gasteiger partial charge in [-0.2, -0.15) is 0 Å². The lowest BCUT2D eigenvalue weighted by Gasteiger charge is -2.26. The minimum atomic E-state index is -1.28. The summed E-state index contributed by atoms with van der Waals surface area (Å²) in [6.45, 7) is 5.58. The molecule has 1 aromatic heterocycles. The first-order valence-electron chi connectivity index (χ1n) is 12.7. The van der Waals surface area contributed by atoms with E-state index in [1.165, 1.54) is 13.8 Å². The number of aliphatic hydroxyl groups excluding tert-OH is 2. The fraction of sp³-hybridized carbons (Fsp3) is 0.500. The van der Waals surface area contributed by atoms with Crippen molar-refractivity contribution in [2.75, 3.05) is 6.54 Å². The predicted molar refractivity (Wildman–Crippen MR) is 143 cm³/mol. The molecule has 4 amide bonds. The van der Waals surface area contributed by atoms with Gasteiger partial charge in [0, 0.05) is 23.5 Å². The smallest absolute Gasteiger partial charge is 0.243 e. The summed E-state index contributed by atoms with van der Waals surface area (Å²) < 4.78 is 0. The van der Waals surface area contributed by atoms with E-state index in [0.29, 0.717) is 6.29 Å². The zero-order valence-electron chi connectivity index (χ0n) is 22.4. The van der Waals surface area contributed by atoms with Crippen LogP contribution in [0.2, 0.25) is 0 Å². The Morgan fingerprint density at radius 2 is 1.62 bits per heavy atom. The van der Waals surface area contributed by atoms with Gasteiger partial charge in [-0.1, -0.05) is 32.0 Å². The van der Waals surface area contributed by atoms with E-state index in [-0.39, 0.29) is 6.42 Å². The molecular weight excluding hydrogens is 508 g/mol. The largest absolute Gasteiger partial charge is 0.391 e. The molecule has 0 saturated heterocycles. The molecular formula is C26H38N6O7. The summed E-state index contributed by atoms with van der Waals surface area (Å²) in [6, 6.07) is 2.80. The second kappa shape index (κ2) is 14.4. The van der Waals surface area contributed by atoms with Crippen molar-refractivity contribution >= 4 is 40.8 Å². The van der Waals surface area contributed by atoms with Gasteiger partial charge in [0.1, 0.15) is 30.5 Å². The van der Waals surface area contributed by atoms with Crippen LogP contribution in [-0.2, 0) is 30.4 Å². The van der Waals surface area contributed by atoms with Gasteiger partial charge in [-0.15, -0.1) is 0 Å². The second-order valence-electron chi connectivity index (χ2n) is 9.81. The van der Waals surface area contributed by atoms with E-state index in [2.05, 4.69) is 26.3 Å². The average Bonchev–Trinajstić information content (AvgIpc) is 3.30. The maximum atomic E-state index is 13.4. The van der Waals surface area contributed by atoms with Crippen LogP contribution in [0.15, 0.2) is 30.5 Å². The third-order valence-electron chi connectivity index (χ3n) is 6.22. The third-order valence-corrected chi connectivity index (χ3v) is 6.22. The molecule has 2 rings (SSSR count). The number of aromatic amines is 1. The molecule has 0 fully saturated rings. The number of para-hydroxylation sites is 1. The van der Waals surface area contributed by atoms with Crippen LogP contribution in [0.1, 0.15) is 33.3 Å². The fourth-order valence-electron chi connectivity index (χ4n) is 3.79. The zero-order chi connectivity index (χ0) is 29.3. The number of nitrogens with two attached hydrogens (primary N) is 1. The first kappa shape index (κ1) is 31.4. The molecule has 0 bridgehead atoms. The highest BCUT2D eigenvalue weighted by molar-refractivity contribution is 5.95. The lowest BCUT2D eigenvalue weighted by atomic mass is 10.00. The van der Waals surface area contributed by atoms with E-state index in [0.717, 1.165) is 16.5 Å². The summed E-state index contributed by atoms with van der Waals surface area (Å²) in [5.41, 5.74) is 7.34. The molecule has 2 aromatic rings. The lowest BCUT2D eigenvalue weighted by molar-refractivity contribution is -0.134.